The lowest BCUT2D eigenvalue weighted by Gasteiger charge is -1.98. The molecular weight excluding hydrogens is 298 g/mol. The number of aromatic carboxylic acids is 1. The van der Waals surface area contributed by atoms with Gasteiger partial charge in [0.15, 0.2) is 11.4 Å². The maximum Gasteiger partial charge on any atom is 0.372 e. The van der Waals surface area contributed by atoms with Crippen molar-refractivity contribution in [1.82, 2.24) is 0 Å². The number of halogens is 3. The molecule has 0 radical (unpaired) electrons. The second kappa shape index (κ2) is 4.10. The summed E-state index contributed by atoms with van der Waals surface area (Å²) in [6.07, 6.45) is 0.346. The maximum atomic E-state index is 13.5. The molecule has 2 aromatic rings. The van der Waals surface area contributed by atoms with E-state index in [-0.39, 0.29) is 21.2 Å². The zero-order valence-corrected chi connectivity index (χ0v) is 10.3. The van der Waals surface area contributed by atoms with E-state index in [9.17, 15) is 13.6 Å². The Morgan fingerprint density at radius 2 is 2.18 bits per heavy atom. The predicted octanol–water partition coefficient (Wildman–Crippen LogP) is 3.73. The van der Waals surface area contributed by atoms with Gasteiger partial charge in [0.05, 0.1) is 0 Å². The number of aryl methyl sites for hydroxylation is 1. The molecular formula is C11H7BrF2O3. The number of benzene rings is 1. The minimum absolute atomic E-state index is 0.267. The Labute approximate surface area is 103 Å². The van der Waals surface area contributed by atoms with Gasteiger partial charge in [-0.2, -0.15) is 4.39 Å². The molecule has 90 valence electrons. The summed E-state index contributed by atoms with van der Waals surface area (Å²) in [7, 11) is 0. The fourth-order valence-corrected chi connectivity index (χ4v) is 2.36. The fourth-order valence-electron chi connectivity index (χ4n) is 1.74. The van der Waals surface area contributed by atoms with Crippen LogP contribution in [0.2, 0.25) is 0 Å². The van der Waals surface area contributed by atoms with E-state index < -0.39 is 17.6 Å². The highest BCUT2D eigenvalue weighted by atomic mass is 79.9. The Hall–Kier alpha value is -1.43. The number of carboxylic acids is 1. The quantitative estimate of drug-likeness (QED) is 0.860. The minimum atomic E-state index is -1.30. The normalized spacial score (nSPS) is 11.1. The first-order chi connectivity index (χ1) is 7.97. The largest absolute Gasteiger partial charge is 0.475 e. The van der Waals surface area contributed by atoms with Crippen molar-refractivity contribution >= 4 is 32.9 Å². The van der Waals surface area contributed by atoms with Gasteiger partial charge in [0.2, 0.25) is 11.6 Å². The van der Waals surface area contributed by atoms with E-state index in [4.69, 9.17) is 9.52 Å². The molecule has 1 heterocycles. The summed E-state index contributed by atoms with van der Waals surface area (Å²) in [6, 6.07) is 0.956. The molecule has 1 N–H and O–H groups in total. The maximum absolute atomic E-state index is 13.5. The van der Waals surface area contributed by atoms with Crippen LogP contribution in [0.3, 0.4) is 0 Å². The summed E-state index contributed by atoms with van der Waals surface area (Å²) in [5.74, 6) is -3.92. The highest BCUT2D eigenvalue weighted by Gasteiger charge is 2.24. The van der Waals surface area contributed by atoms with E-state index in [0.29, 0.717) is 12.0 Å². The lowest BCUT2D eigenvalue weighted by Crippen LogP contribution is -1.97. The lowest BCUT2D eigenvalue weighted by molar-refractivity contribution is 0.0663. The lowest BCUT2D eigenvalue weighted by atomic mass is 10.1. The summed E-state index contributed by atoms with van der Waals surface area (Å²) >= 11 is 3.08. The van der Waals surface area contributed by atoms with Crippen LogP contribution in [0.15, 0.2) is 15.0 Å². The second-order valence-corrected chi connectivity index (χ2v) is 4.28. The Morgan fingerprint density at radius 1 is 1.53 bits per heavy atom. The average molecular weight is 305 g/mol. The number of rotatable bonds is 2. The van der Waals surface area contributed by atoms with Crippen LogP contribution in [-0.4, -0.2) is 11.1 Å². The van der Waals surface area contributed by atoms with Gasteiger partial charge in [-0.25, -0.2) is 9.18 Å². The van der Waals surface area contributed by atoms with Crippen LogP contribution in [0.1, 0.15) is 23.0 Å². The molecule has 0 unspecified atom stereocenters. The molecule has 3 nitrogen and oxygen atoms in total. The van der Waals surface area contributed by atoms with Crippen molar-refractivity contribution in [2.45, 2.75) is 13.3 Å². The molecule has 0 aliphatic heterocycles. The number of hydrogen-bond acceptors (Lipinski definition) is 2. The molecule has 0 fully saturated rings. The van der Waals surface area contributed by atoms with E-state index >= 15 is 0 Å². The van der Waals surface area contributed by atoms with Crippen molar-refractivity contribution in [2.75, 3.05) is 0 Å². The van der Waals surface area contributed by atoms with Gasteiger partial charge in [-0.15, -0.1) is 0 Å². The number of hydrogen-bond donors (Lipinski definition) is 1. The van der Waals surface area contributed by atoms with Crippen molar-refractivity contribution in [3.05, 3.63) is 33.5 Å². The molecule has 0 aliphatic rings. The Morgan fingerprint density at radius 3 is 2.71 bits per heavy atom. The SMILES string of the molecule is CCc1c(C(=O)O)oc2c(F)c(F)cc(Br)c12. The van der Waals surface area contributed by atoms with Gasteiger partial charge >= 0.3 is 5.97 Å². The monoisotopic (exact) mass is 304 g/mol. The topological polar surface area (TPSA) is 50.4 Å². The molecule has 0 amide bonds. The summed E-state index contributed by atoms with van der Waals surface area (Å²) in [6.45, 7) is 1.71. The van der Waals surface area contributed by atoms with Crippen molar-refractivity contribution in [3.63, 3.8) is 0 Å². The van der Waals surface area contributed by atoms with E-state index in [0.717, 1.165) is 6.07 Å². The molecule has 1 aromatic heterocycles. The van der Waals surface area contributed by atoms with Crippen LogP contribution in [0.4, 0.5) is 8.78 Å². The third-order valence-corrected chi connectivity index (χ3v) is 3.08. The zero-order chi connectivity index (χ0) is 12.7. The Bertz CT molecular complexity index is 619. The first-order valence-corrected chi connectivity index (χ1v) is 5.58. The summed E-state index contributed by atoms with van der Waals surface area (Å²) in [4.78, 5) is 10.9. The third kappa shape index (κ3) is 1.72. The van der Waals surface area contributed by atoms with Crippen LogP contribution in [0.25, 0.3) is 11.0 Å². The molecule has 6 heteroatoms. The van der Waals surface area contributed by atoms with Crippen molar-refractivity contribution in [2.24, 2.45) is 0 Å². The van der Waals surface area contributed by atoms with Gasteiger partial charge in [0.25, 0.3) is 0 Å². The first kappa shape index (κ1) is 12.0. The smallest absolute Gasteiger partial charge is 0.372 e. The number of fused-ring (bicyclic) bond motifs is 1. The summed E-state index contributed by atoms with van der Waals surface area (Å²) < 4.78 is 31.8. The van der Waals surface area contributed by atoms with Gasteiger partial charge in [-0.05, 0) is 28.4 Å². The molecule has 17 heavy (non-hydrogen) atoms. The van der Waals surface area contributed by atoms with Gasteiger partial charge in [-0.1, -0.05) is 6.92 Å². The Balaban J connectivity index is 2.96. The average Bonchev–Trinajstić information content (AvgIpc) is 2.65. The highest BCUT2D eigenvalue weighted by molar-refractivity contribution is 9.10. The van der Waals surface area contributed by atoms with Gasteiger partial charge in [0.1, 0.15) is 0 Å². The zero-order valence-electron chi connectivity index (χ0n) is 8.68. The second-order valence-electron chi connectivity index (χ2n) is 3.43. The van der Waals surface area contributed by atoms with Crippen molar-refractivity contribution in [1.29, 1.82) is 0 Å². The third-order valence-electron chi connectivity index (χ3n) is 2.46. The fraction of sp³-hybridized carbons (Fsp3) is 0.182. The summed E-state index contributed by atoms with van der Waals surface area (Å²) in [5.41, 5.74) is -0.0237. The molecule has 0 spiro atoms. The van der Waals surface area contributed by atoms with Crippen LogP contribution in [0.5, 0.6) is 0 Å². The van der Waals surface area contributed by atoms with E-state index in [1.807, 2.05) is 0 Å². The van der Waals surface area contributed by atoms with E-state index in [1.54, 1.807) is 6.92 Å². The Kier molecular flexibility index (Phi) is 2.91. The van der Waals surface area contributed by atoms with Crippen molar-refractivity contribution in [3.8, 4) is 0 Å². The number of carboxylic acid groups (broad SMARTS) is 1. The highest BCUT2D eigenvalue weighted by Crippen LogP contribution is 2.35. The van der Waals surface area contributed by atoms with Crippen LogP contribution in [-0.2, 0) is 6.42 Å². The van der Waals surface area contributed by atoms with Gasteiger partial charge < -0.3 is 9.52 Å². The van der Waals surface area contributed by atoms with Crippen LogP contribution in [0, 0.1) is 11.6 Å². The van der Waals surface area contributed by atoms with E-state index in [1.165, 1.54) is 0 Å². The standard InChI is InChI=1S/C11H7BrF2O3/c1-2-4-7-5(12)3-6(13)8(14)10(7)17-9(4)11(15)16/h3H,2H2,1H3,(H,15,16). The molecule has 0 saturated carbocycles. The number of carbonyl (C=O) groups is 1. The summed E-state index contributed by atoms with van der Waals surface area (Å²) in [5, 5.41) is 9.19. The molecule has 1 aromatic carbocycles. The minimum Gasteiger partial charge on any atom is -0.475 e. The molecule has 0 bridgehead atoms. The number of furan rings is 1. The van der Waals surface area contributed by atoms with Crippen LogP contribution >= 0.6 is 15.9 Å². The molecule has 2 rings (SSSR count). The predicted molar refractivity (Wildman–Crippen MR) is 60.2 cm³/mol. The van der Waals surface area contributed by atoms with Crippen molar-refractivity contribution < 1.29 is 23.1 Å². The first-order valence-electron chi connectivity index (χ1n) is 4.79. The van der Waals surface area contributed by atoms with Gasteiger partial charge in [-0.3, -0.25) is 0 Å². The van der Waals surface area contributed by atoms with Crippen LogP contribution < -0.4 is 0 Å². The van der Waals surface area contributed by atoms with Gasteiger partial charge in [0, 0.05) is 15.4 Å². The molecule has 0 atom stereocenters. The molecule has 0 aliphatic carbocycles. The molecule has 0 saturated heterocycles. The van der Waals surface area contributed by atoms with E-state index in [2.05, 4.69) is 15.9 Å².